The summed E-state index contributed by atoms with van der Waals surface area (Å²) in [6, 6.07) is 15.2. The lowest BCUT2D eigenvalue weighted by molar-refractivity contribution is -0.124. The van der Waals surface area contributed by atoms with E-state index >= 15 is 0 Å². The van der Waals surface area contributed by atoms with Crippen LogP contribution >= 0.6 is 0 Å². The molecule has 22 heavy (non-hydrogen) atoms. The molecule has 0 fully saturated rings. The lowest BCUT2D eigenvalue weighted by atomic mass is 10.1. The minimum Gasteiger partial charge on any atom is -0.496 e. The number of amides is 1. The third-order valence-electron chi connectivity index (χ3n) is 2.98. The molecule has 2 rings (SSSR count). The van der Waals surface area contributed by atoms with E-state index in [2.05, 4.69) is 0 Å². The molecule has 0 aromatic heterocycles. The summed E-state index contributed by atoms with van der Waals surface area (Å²) in [6.07, 6.45) is 2.76. The SMILES string of the molecule is COc1cc(OCc2ccccc2)ccc1C=CC(=O)NO. The Balaban J connectivity index is 2.08. The molecule has 0 atom stereocenters. The molecule has 0 bridgehead atoms. The highest BCUT2D eigenvalue weighted by Gasteiger charge is 2.04. The van der Waals surface area contributed by atoms with Crippen molar-refractivity contribution in [3.63, 3.8) is 0 Å². The van der Waals surface area contributed by atoms with Gasteiger partial charge in [0.05, 0.1) is 7.11 Å². The fraction of sp³-hybridized carbons (Fsp3) is 0.118. The Kier molecular flexibility index (Phi) is 5.57. The molecule has 0 radical (unpaired) electrons. The number of rotatable bonds is 6. The molecule has 5 heteroatoms. The second-order valence-corrected chi connectivity index (χ2v) is 4.49. The number of hydroxylamine groups is 1. The molecule has 0 unspecified atom stereocenters. The van der Waals surface area contributed by atoms with Crippen LogP contribution in [0.25, 0.3) is 6.08 Å². The highest BCUT2D eigenvalue weighted by molar-refractivity contribution is 5.91. The maximum absolute atomic E-state index is 11.0. The smallest absolute Gasteiger partial charge is 0.267 e. The predicted octanol–water partition coefficient (Wildman–Crippen LogP) is 2.79. The van der Waals surface area contributed by atoms with Gasteiger partial charge in [-0.2, -0.15) is 0 Å². The van der Waals surface area contributed by atoms with Crippen molar-refractivity contribution in [3.05, 3.63) is 65.7 Å². The van der Waals surface area contributed by atoms with Crippen LogP contribution in [0.1, 0.15) is 11.1 Å². The number of methoxy groups -OCH3 is 1. The van der Waals surface area contributed by atoms with E-state index in [0.717, 1.165) is 5.56 Å². The summed E-state index contributed by atoms with van der Waals surface area (Å²) in [6.45, 7) is 0.464. The Morgan fingerprint density at radius 2 is 2.00 bits per heavy atom. The summed E-state index contributed by atoms with van der Waals surface area (Å²) >= 11 is 0. The second kappa shape index (κ2) is 7.85. The van der Waals surface area contributed by atoms with Gasteiger partial charge >= 0.3 is 0 Å². The molecular formula is C17H17NO4. The summed E-state index contributed by atoms with van der Waals surface area (Å²) < 4.78 is 11.0. The predicted molar refractivity (Wildman–Crippen MR) is 82.7 cm³/mol. The van der Waals surface area contributed by atoms with Crippen molar-refractivity contribution in [2.45, 2.75) is 6.61 Å². The fourth-order valence-electron chi connectivity index (χ4n) is 1.86. The van der Waals surface area contributed by atoms with E-state index in [0.29, 0.717) is 23.7 Å². The van der Waals surface area contributed by atoms with Gasteiger partial charge in [-0.25, -0.2) is 5.48 Å². The lowest BCUT2D eigenvalue weighted by Gasteiger charge is -2.10. The normalized spacial score (nSPS) is 10.5. The minimum atomic E-state index is -0.605. The Hall–Kier alpha value is -2.79. The van der Waals surface area contributed by atoms with E-state index in [1.165, 1.54) is 11.6 Å². The number of nitrogens with one attached hydrogen (secondary N) is 1. The van der Waals surface area contributed by atoms with Crippen molar-refractivity contribution in [1.29, 1.82) is 0 Å². The third kappa shape index (κ3) is 4.36. The molecule has 0 aliphatic heterocycles. The maximum atomic E-state index is 11.0. The number of benzene rings is 2. The molecule has 2 aromatic rings. The van der Waals surface area contributed by atoms with Crippen LogP contribution < -0.4 is 15.0 Å². The first-order chi connectivity index (χ1) is 10.7. The molecule has 2 aromatic carbocycles. The van der Waals surface area contributed by atoms with Crippen molar-refractivity contribution in [2.24, 2.45) is 0 Å². The number of carbonyl (C=O) groups is 1. The highest BCUT2D eigenvalue weighted by atomic mass is 16.5. The van der Waals surface area contributed by atoms with Crippen molar-refractivity contribution in [3.8, 4) is 11.5 Å². The van der Waals surface area contributed by atoms with Gasteiger partial charge in [-0.1, -0.05) is 30.3 Å². The summed E-state index contributed by atoms with van der Waals surface area (Å²) in [5.74, 6) is 0.642. The summed E-state index contributed by atoms with van der Waals surface area (Å²) in [5.41, 5.74) is 3.31. The molecule has 0 saturated carbocycles. The Morgan fingerprint density at radius 1 is 1.23 bits per heavy atom. The van der Waals surface area contributed by atoms with Crippen LogP contribution in [0.3, 0.4) is 0 Å². The van der Waals surface area contributed by atoms with E-state index in [4.69, 9.17) is 14.7 Å². The van der Waals surface area contributed by atoms with Gasteiger partial charge in [0.25, 0.3) is 5.91 Å². The molecule has 1 amide bonds. The second-order valence-electron chi connectivity index (χ2n) is 4.49. The van der Waals surface area contributed by atoms with Gasteiger partial charge < -0.3 is 9.47 Å². The summed E-state index contributed by atoms with van der Waals surface area (Å²) in [4.78, 5) is 11.0. The third-order valence-corrected chi connectivity index (χ3v) is 2.98. The zero-order valence-electron chi connectivity index (χ0n) is 12.2. The number of hydrogen-bond donors (Lipinski definition) is 2. The molecule has 5 nitrogen and oxygen atoms in total. The van der Waals surface area contributed by atoms with Crippen LogP contribution in [0.4, 0.5) is 0 Å². The molecule has 114 valence electrons. The molecule has 0 saturated heterocycles. The van der Waals surface area contributed by atoms with E-state index in [9.17, 15) is 4.79 Å². The average molecular weight is 299 g/mol. The van der Waals surface area contributed by atoms with E-state index < -0.39 is 5.91 Å². The van der Waals surface area contributed by atoms with Gasteiger partial charge in [0.2, 0.25) is 0 Å². The van der Waals surface area contributed by atoms with Gasteiger partial charge in [0, 0.05) is 17.7 Å². The Bertz CT molecular complexity index is 653. The van der Waals surface area contributed by atoms with Crippen LogP contribution in [-0.4, -0.2) is 18.2 Å². The van der Waals surface area contributed by atoms with Gasteiger partial charge in [-0.15, -0.1) is 0 Å². The van der Waals surface area contributed by atoms with Crippen molar-refractivity contribution >= 4 is 12.0 Å². The Morgan fingerprint density at radius 3 is 2.68 bits per heavy atom. The molecule has 0 aliphatic rings. The molecule has 0 heterocycles. The standard InChI is InChI=1S/C17H17NO4/c1-21-16-11-15(22-12-13-5-3-2-4-6-13)9-7-14(16)8-10-17(19)18-20/h2-11,20H,12H2,1H3,(H,18,19). The van der Waals surface area contributed by atoms with Crippen LogP contribution in [0, 0.1) is 0 Å². The van der Waals surface area contributed by atoms with E-state index in [-0.39, 0.29) is 0 Å². The van der Waals surface area contributed by atoms with Crippen molar-refractivity contribution < 1.29 is 19.5 Å². The first-order valence-corrected chi connectivity index (χ1v) is 6.70. The van der Waals surface area contributed by atoms with Gasteiger partial charge in [-0.05, 0) is 23.8 Å². The fourth-order valence-corrected chi connectivity index (χ4v) is 1.86. The van der Waals surface area contributed by atoms with Crippen LogP contribution in [0.2, 0.25) is 0 Å². The quantitative estimate of drug-likeness (QED) is 0.489. The first kappa shape index (κ1) is 15.6. The van der Waals surface area contributed by atoms with E-state index in [1.54, 1.807) is 31.4 Å². The number of ether oxygens (including phenoxy) is 2. The molecular weight excluding hydrogens is 282 g/mol. The monoisotopic (exact) mass is 299 g/mol. The van der Waals surface area contributed by atoms with Crippen LogP contribution in [0.15, 0.2) is 54.6 Å². The summed E-state index contributed by atoms with van der Waals surface area (Å²) in [5, 5.41) is 8.46. The molecule has 0 spiro atoms. The van der Waals surface area contributed by atoms with Crippen molar-refractivity contribution in [1.82, 2.24) is 5.48 Å². The minimum absolute atomic E-state index is 0.464. The highest BCUT2D eigenvalue weighted by Crippen LogP contribution is 2.26. The summed E-state index contributed by atoms with van der Waals surface area (Å²) in [7, 11) is 1.54. The first-order valence-electron chi connectivity index (χ1n) is 6.70. The number of carbonyl (C=O) groups excluding carboxylic acids is 1. The van der Waals surface area contributed by atoms with Crippen LogP contribution in [0.5, 0.6) is 11.5 Å². The van der Waals surface area contributed by atoms with E-state index in [1.807, 2.05) is 30.3 Å². The average Bonchev–Trinajstić information content (AvgIpc) is 2.58. The van der Waals surface area contributed by atoms with Gasteiger partial charge in [0.1, 0.15) is 18.1 Å². The van der Waals surface area contributed by atoms with Gasteiger partial charge in [0.15, 0.2) is 0 Å². The lowest BCUT2D eigenvalue weighted by Crippen LogP contribution is -2.14. The zero-order chi connectivity index (χ0) is 15.8. The van der Waals surface area contributed by atoms with Crippen molar-refractivity contribution in [2.75, 3.05) is 7.11 Å². The zero-order valence-corrected chi connectivity index (χ0v) is 12.2. The number of hydrogen-bond acceptors (Lipinski definition) is 4. The largest absolute Gasteiger partial charge is 0.496 e. The molecule has 0 aliphatic carbocycles. The van der Waals surface area contributed by atoms with Crippen LogP contribution in [-0.2, 0) is 11.4 Å². The topological polar surface area (TPSA) is 67.8 Å². The maximum Gasteiger partial charge on any atom is 0.267 e. The Labute approximate surface area is 128 Å². The molecule has 2 N–H and O–H groups in total. The van der Waals surface area contributed by atoms with Gasteiger partial charge in [-0.3, -0.25) is 10.0 Å².